The molecule has 8 nitrogen and oxygen atoms in total. The molecule has 0 unspecified atom stereocenters. The molecular weight excluding hydrogens is 446 g/mol. The van der Waals surface area contributed by atoms with Crippen LogP contribution in [0.2, 0.25) is 0 Å². The number of nitrogens with zero attached hydrogens (tertiary/aromatic N) is 4. The zero-order valence-corrected chi connectivity index (χ0v) is 18.1. The van der Waals surface area contributed by atoms with Crippen molar-refractivity contribution in [1.29, 1.82) is 0 Å². The predicted octanol–water partition coefficient (Wildman–Crippen LogP) is 2.34. The van der Waals surface area contributed by atoms with E-state index in [-0.39, 0.29) is 17.2 Å². The number of hydrogen-bond donors (Lipinski definition) is 1. The highest BCUT2D eigenvalue weighted by molar-refractivity contribution is 9.10. The van der Waals surface area contributed by atoms with Gasteiger partial charge in [0.05, 0.1) is 11.4 Å². The fourth-order valence-electron chi connectivity index (χ4n) is 2.85. The van der Waals surface area contributed by atoms with Crippen molar-refractivity contribution < 1.29 is 4.79 Å². The number of para-hydroxylation sites is 1. The van der Waals surface area contributed by atoms with Crippen LogP contribution in [0.4, 0.5) is 5.69 Å². The van der Waals surface area contributed by atoms with E-state index in [0.717, 1.165) is 15.5 Å². The maximum Gasteiger partial charge on any atom is 0.332 e. The Balaban J connectivity index is 1.91. The molecule has 0 spiro atoms. The highest BCUT2D eigenvalue weighted by atomic mass is 79.9. The summed E-state index contributed by atoms with van der Waals surface area (Å²) in [5.41, 5.74) is 0.576. The van der Waals surface area contributed by atoms with E-state index in [1.54, 1.807) is 17.7 Å². The first kappa shape index (κ1) is 20.4. The number of hydrogen-bond acceptors (Lipinski definition) is 5. The molecule has 1 amide bonds. The molecule has 3 rings (SSSR count). The SMILES string of the molecule is CCCn1c(SCC(=O)Nc2ccccc2Br)nc2c1c(=O)n(C)c(=O)n2C. The minimum absolute atomic E-state index is 0.128. The maximum absolute atomic E-state index is 12.6. The van der Waals surface area contributed by atoms with E-state index in [9.17, 15) is 14.4 Å². The second-order valence-corrected chi connectivity index (χ2v) is 8.04. The first-order valence-electron chi connectivity index (χ1n) is 8.68. The zero-order chi connectivity index (χ0) is 20.4. The molecule has 148 valence electrons. The molecule has 28 heavy (non-hydrogen) atoms. The molecule has 0 aliphatic rings. The number of carbonyl (C=O) groups is 1. The van der Waals surface area contributed by atoms with Gasteiger partial charge in [-0.25, -0.2) is 9.78 Å². The average molecular weight is 466 g/mol. The summed E-state index contributed by atoms with van der Waals surface area (Å²) in [6, 6.07) is 7.36. The van der Waals surface area contributed by atoms with Gasteiger partial charge < -0.3 is 9.88 Å². The topological polar surface area (TPSA) is 90.9 Å². The number of aryl methyl sites for hydroxylation is 2. The number of imidazole rings is 1. The summed E-state index contributed by atoms with van der Waals surface area (Å²) in [6.07, 6.45) is 0.786. The van der Waals surface area contributed by atoms with E-state index < -0.39 is 5.69 Å². The highest BCUT2D eigenvalue weighted by Crippen LogP contribution is 2.24. The summed E-state index contributed by atoms with van der Waals surface area (Å²) in [7, 11) is 3.03. The highest BCUT2D eigenvalue weighted by Gasteiger charge is 2.19. The summed E-state index contributed by atoms with van der Waals surface area (Å²) in [5, 5.41) is 3.38. The summed E-state index contributed by atoms with van der Waals surface area (Å²) in [6.45, 7) is 2.56. The Bertz CT molecular complexity index is 1160. The first-order valence-corrected chi connectivity index (χ1v) is 10.5. The van der Waals surface area contributed by atoms with Crippen LogP contribution >= 0.6 is 27.7 Å². The number of fused-ring (bicyclic) bond motifs is 1. The Morgan fingerprint density at radius 3 is 2.61 bits per heavy atom. The molecule has 0 aliphatic heterocycles. The normalized spacial score (nSPS) is 11.1. The van der Waals surface area contributed by atoms with Crippen LogP contribution in [0.15, 0.2) is 43.5 Å². The van der Waals surface area contributed by atoms with Crippen LogP contribution in [0, 0.1) is 0 Å². The van der Waals surface area contributed by atoms with Crippen molar-refractivity contribution in [2.24, 2.45) is 14.1 Å². The third kappa shape index (κ3) is 3.79. The van der Waals surface area contributed by atoms with Gasteiger partial charge in [0.1, 0.15) is 0 Å². The Kier molecular flexibility index (Phi) is 6.09. The molecule has 1 aromatic carbocycles. The van der Waals surface area contributed by atoms with E-state index in [0.29, 0.717) is 28.6 Å². The molecule has 0 saturated heterocycles. The molecular formula is C18H20BrN5O3S. The van der Waals surface area contributed by atoms with Gasteiger partial charge in [-0.3, -0.25) is 18.7 Å². The Morgan fingerprint density at radius 2 is 1.93 bits per heavy atom. The van der Waals surface area contributed by atoms with Crippen molar-refractivity contribution in [3.05, 3.63) is 49.6 Å². The molecule has 10 heteroatoms. The van der Waals surface area contributed by atoms with Crippen LogP contribution in [-0.2, 0) is 25.4 Å². The van der Waals surface area contributed by atoms with E-state index in [1.165, 1.54) is 23.4 Å². The lowest BCUT2D eigenvalue weighted by Crippen LogP contribution is -2.37. The summed E-state index contributed by atoms with van der Waals surface area (Å²) < 4.78 is 5.01. The zero-order valence-electron chi connectivity index (χ0n) is 15.7. The first-order chi connectivity index (χ1) is 13.3. The number of aromatic nitrogens is 4. The van der Waals surface area contributed by atoms with Crippen LogP contribution in [0.25, 0.3) is 11.2 Å². The fourth-order valence-corrected chi connectivity index (χ4v) is 4.05. The largest absolute Gasteiger partial charge is 0.332 e. The van der Waals surface area contributed by atoms with Crippen molar-refractivity contribution in [1.82, 2.24) is 18.7 Å². The molecule has 0 atom stereocenters. The molecule has 0 radical (unpaired) electrons. The number of halogens is 1. The molecule has 0 aliphatic carbocycles. The third-order valence-electron chi connectivity index (χ3n) is 4.24. The smallest absolute Gasteiger partial charge is 0.324 e. The van der Waals surface area contributed by atoms with Gasteiger partial charge in [0.2, 0.25) is 5.91 Å². The van der Waals surface area contributed by atoms with Gasteiger partial charge in [-0.2, -0.15) is 0 Å². The van der Waals surface area contributed by atoms with E-state index in [2.05, 4.69) is 26.2 Å². The average Bonchev–Trinajstić information content (AvgIpc) is 3.04. The van der Waals surface area contributed by atoms with Gasteiger partial charge >= 0.3 is 5.69 Å². The fraction of sp³-hybridized carbons (Fsp3) is 0.333. The van der Waals surface area contributed by atoms with E-state index in [1.807, 2.05) is 25.1 Å². The van der Waals surface area contributed by atoms with Crippen molar-refractivity contribution >= 4 is 50.5 Å². The minimum atomic E-state index is -0.429. The Morgan fingerprint density at radius 1 is 1.21 bits per heavy atom. The van der Waals surface area contributed by atoms with Crippen LogP contribution < -0.4 is 16.6 Å². The lowest BCUT2D eigenvalue weighted by atomic mass is 10.3. The molecule has 0 bridgehead atoms. The van der Waals surface area contributed by atoms with Gasteiger partial charge in [-0.1, -0.05) is 30.8 Å². The number of amides is 1. The quantitative estimate of drug-likeness (QED) is 0.564. The number of anilines is 1. The number of benzene rings is 1. The van der Waals surface area contributed by atoms with Crippen molar-refractivity contribution in [2.75, 3.05) is 11.1 Å². The lowest BCUT2D eigenvalue weighted by molar-refractivity contribution is -0.113. The lowest BCUT2D eigenvalue weighted by Gasteiger charge is -2.09. The molecule has 0 saturated carbocycles. The predicted molar refractivity (Wildman–Crippen MR) is 114 cm³/mol. The Hall–Kier alpha value is -2.33. The molecule has 2 heterocycles. The summed E-state index contributed by atoms with van der Waals surface area (Å²) in [5.74, 6) is -0.0587. The number of rotatable bonds is 6. The van der Waals surface area contributed by atoms with Gasteiger partial charge in [0.15, 0.2) is 16.3 Å². The summed E-state index contributed by atoms with van der Waals surface area (Å²) >= 11 is 4.63. The van der Waals surface area contributed by atoms with Gasteiger partial charge in [0, 0.05) is 25.1 Å². The standard InChI is InChI=1S/C18H20BrN5O3S/c1-4-9-24-14-15(22(2)18(27)23(3)16(14)26)21-17(24)28-10-13(25)20-12-8-6-5-7-11(12)19/h5-8H,4,9-10H2,1-3H3,(H,20,25). The van der Waals surface area contributed by atoms with Crippen LogP contribution in [0.5, 0.6) is 0 Å². The van der Waals surface area contributed by atoms with Crippen LogP contribution in [0.1, 0.15) is 13.3 Å². The molecule has 0 fully saturated rings. The number of carbonyl (C=O) groups excluding carboxylic acids is 1. The van der Waals surface area contributed by atoms with Crippen molar-refractivity contribution in [3.8, 4) is 0 Å². The molecule has 3 aromatic rings. The summed E-state index contributed by atoms with van der Waals surface area (Å²) in [4.78, 5) is 41.6. The van der Waals surface area contributed by atoms with Crippen molar-refractivity contribution in [3.63, 3.8) is 0 Å². The van der Waals surface area contributed by atoms with Gasteiger partial charge in [-0.15, -0.1) is 0 Å². The number of thioether (sulfide) groups is 1. The van der Waals surface area contributed by atoms with Crippen molar-refractivity contribution in [2.45, 2.75) is 25.0 Å². The second-order valence-electron chi connectivity index (χ2n) is 6.24. The van der Waals surface area contributed by atoms with E-state index >= 15 is 0 Å². The minimum Gasteiger partial charge on any atom is -0.324 e. The van der Waals surface area contributed by atoms with Gasteiger partial charge in [-0.05, 0) is 34.5 Å². The molecule has 1 N–H and O–H groups in total. The van der Waals surface area contributed by atoms with E-state index in [4.69, 9.17) is 0 Å². The molecule has 2 aromatic heterocycles. The third-order valence-corrected chi connectivity index (χ3v) is 5.91. The monoisotopic (exact) mass is 465 g/mol. The van der Waals surface area contributed by atoms with Crippen LogP contribution in [-0.4, -0.2) is 30.3 Å². The Labute approximate surface area is 173 Å². The number of nitrogens with one attached hydrogen (secondary N) is 1. The van der Waals surface area contributed by atoms with Crippen LogP contribution in [0.3, 0.4) is 0 Å². The second kappa shape index (κ2) is 8.36. The maximum atomic E-state index is 12.6. The van der Waals surface area contributed by atoms with Gasteiger partial charge in [0.25, 0.3) is 5.56 Å².